The largest absolute Gasteiger partial charge is 0.491 e. The molecule has 8 heteroatoms. The molecule has 0 spiro atoms. The number of halogens is 4. The highest BCUT2D eigenvalue weighted by Crippen LogP contribution is 2.45. The van der Waals surface area contributed by atoms with E-state index in [1.807, 2.05) is 6.92 Å². The second-order valence-corrected chi connectivity index (χ2v) is 13.0. The van der Waals surface area contributed by atoms with Crippen LogP contribution in [0.2, 0.25) is 0 Å². The summed E-state index contributed by atoms with van der Waals surface area (Å²) in [6, 6.07) is 6.35. The van der Waals surface area contributed by atoms with E-state index in [1.165, 1.54) is 6.07 Å². The second-order valence-electron chi connectivity index (χ2n) is 13.0. The highest BCUT2D eigenvalue weighted by Gasteiger charge is 2.36. The standard InChI is InChI=1S/C36H46F4O4/c1-3-21-43-31-20-18-29(33(38)35(31)40)25-9-11-26(12-10-25)36(41)44-27-15-13-23(14-16-27)22-5-7-24(8-6-22)28-17-19-30(42-4-2)34(39)32(28)37/h17-20,22-27H,3-16,21H2,1-2H3. The van der Waals surface area contributed by atoms with E-state index in [4.69, 9.17) is 14.2 Å². The van der Waals surface area contributed by atoms with Crippen LogP contribution in [-0.4, -0.2) is 25.3 Å². The highest BCUT2D eigenvalue weighted by atomic mass is 19.2. The molecule has 0 bridgehead atoms. The van der Waals surface area contributed by atoms with E-state index in [0.717, 1.165) is 51.4 Å². The molecular formula is C36H46F4O4. The zero-order valence-electron chi connectivity index (χ0n) is 26.0. The highest BCUT2D eigenvalue weighted by molar-refractivity contribution is 5.72. The van der Waals surface area contributed by atoms with Gasteiger partial charge in [-0.3, -0.25) is 4.79 Å². The lowest BCUT2D eigenvalue weighted by atomic mass is 9.69. The van der Waals surface area contributed by atoms with Crippen LogP contribution >= 0.6 is 0 Å². The molecule has 4 nitrogen and oxygen atoms in total. The zero-order valence-corrected chi connectivity index (χ0v) is 26.0. The normalized spacial score (nSPS) is 27.5. The maximum atomic E-state index is 14.8. The summed E-state index contributed by atoms with van der Waals surface area (Å²) >= 11 is 0. The average molecular weight is 619 g/mol. The van der Waals surface area contributed by atoms with Crippen LogP contribution in [0.1, 0.15) is 120 Å². The average Bonchev–Trinajstić information content (AvgIpc) is 3.05. The van der Waals surface area contributed by atoms with Crippen molar-refractivity contribution in [2.45, 2.75) is 115 Å². The number of carbonyl (C=O) groups is 1. The topological polar surface area (TPSA) is 44.8 Å². The van der Waals surface area contributed by atoms with Crippen LogP contribution in [0, 0.1) is 41.0 Å². The number of rotatable bonds is 10. The fourth-order valence-electron chi connectivity index (χ4n) is 7.79. The van der Waals surface area contributed by atoms with Crippen molar-refractivity contribution >= 4 is 5.97 Å². The predicted octanol–water partition coefficient (Wildman–Crippen LogP) is 9.78. The lowest BCUT2D eigenvalue weighted by molar-refractivity contribution is -0.157. The van der Waals surface area contributed by atoms with Crippen LogP contribution in [-0.2, 0) is 9.53 Å². The Kier molecular flexibility index (Phi) is 11.1. The molecule has 44 heavy (non-hydrogen) atoms. The minimum atomic E-state index is -0.932. The Hall–Kier alpha value is -2.77. The molecular weight excluding hydrogens is 572 g/mol. The summed E-state index contributed by atoms with van der Waals surface area (Å²) < 4.78 is 74.9. The Morgan fingerprint density at radius 1 is 0.636 bits per heavy atom. The molecule has 0 aliphatic heterocycles. The quantitative estimate of drug-likeness (QED) is 0.196. The van der Waals surface area contributed by atoms with Gasteiger partial charge in [-0.2, -0.15) is 8.78 Å². The number of hydrogen-bond acceptors (Lipinski definition) is 4. The van der Waals surface area contributed by atoms with E-state index in [-0.39, 0.29) is 41.3 Å². The Morgan fingerprint density at radius 2 is 1.11 bits per heavy atom. The van der Waals surface area contributed by atoms with Crippen molar-refractivity contribution in [1.82, 2.24) is 0 Å². The maximum absolute atomic E-state index is 14.8. The fraction of sp³-hybridized carbons (Fsp3) is 0.639. The molecule has 3 fully saturated rings. The molecule has 3 aliphatic carbocycles. The third-order valence-electron chi connectivity index (χ3n) is 10.3. The molecule has 0 saturated heterocycles. The molecule has 3 saturated carbocycles. The predicted molar refractivity (Wildman–Crippen MR) is 161 cm³/mol. The smallest absolute Gasteiger partial charge is 0.309 e. The third-order valence-corrected chi connectivity index (χ3v) is 10.3. The Bertz CT molecular complexity index is 1260. The van der Waals surface area contributed by atoms with E-state index in [9.17, 15) is 22.4 Å². The van der Waals surface area contributed by atoms with Crippen LogP contribution < -0.4 is 9.47 Å². The Labute approximate surface area is 258 Å². The molecule has 0 aromatic heterocycles. The van der Waals surface area contributed by atoms with E-state index >= 15 is 0 Å². The molecule has 0 N–H and O–H groups in total. The molecule has 0 atom stereocenters. The minimum absolute atomic E-state index is 0.0264. The molecule has 0 amide bonds. The van der Waals surface area contributed by atoms with Crippen molar-refractivity contribution in [3.8, 4) is 11.5 Å². The van der Waals surface area contributed by atoms with Crippen LogP contribution in [0.5, 0.6) is 11.5 Å². The van der Waals surface area contributed by atoms with E-state index in [1.54, 1.807) is 25.1 Å². The fourth-order valence-corrected chi connectivity index (χ4v) is 7.79. The van der Waals surface area contributed by atoms with Gasteiger partial charge in [0, 0.05) is 0 Å². The van der Waals surface area contributed by atoms with Crippen molar-refractivity contribution in [2.24, 2.45) is 17.8 Å². The zero-order chi connectivity index (χ0) is 31.2. The van der Waals surface area contributed by atoms with Gasteiger partial charge in [0.15, 0.2) is 23.1 Å². The van der Waals surface area contributed by atoms with Crippen molar-refractivity contribution in [2.75, 3.05) is 13.2 Å². The summed E-state index contributed by atoms with van der Waals surface area (Å²) in [6.07, 6.45) is 10.5. The number of carbonyl (C=O) groups excluding carboxylic acids is 1. The van der Waals surface area contributed by atoms with E-state index in [2.05, 4.69) is 0 Å². The molecule has 0 heterocycles. The lowest BCUT2D eigenvalue weighted by Gasteiger charge is -2.38. The molecule has 0 unspecified atom stereocenters. The van der Waals surface area contributed by atoms with Gasteiger partial charge in [0.05, 0.1) is 19.1 Å². The summed E-state index contributed by atoms with van der Waals surface area (Å²) in [5.41, 5.74) is 0.823. The van der Waals surface area contributed by atoms with Gasteiger partial charge in [-0.25, -0.2) is 8.78 Å². The summed E-state index contributed by atoms with van der Waals surface area (Å²) in [5.74, 6) is -2.85. The summed E-state index contributed by atoms with van der Waals surface area (Å²) in [7, 11) is 0. The van der Waals surface area contributed by atoms with Crippen molar-refractivity contribution in [1.29, 1.82) is 0 Å². The first-order valence-electron chi connectivity index (χ1n) is 16.7. The van der Waals surface area contributed by atoms with E-state index < -0.39 is 23.3 Å². The molecule has 0 radical (unpaired) electrons. The molecule has 3 aliphatic rings. The van der Waals surface area contributed by atoms with Crippen LogP contribution in [0.25, 0.3) is 0 Å². The molecule has 2 aromatic rings. The van der Waals surface area contributed by atoms with Crippen molar-refractivity contribution < 1.29 is 36.6 Å². The number of benzene rings is 2. The second kappa shape index (κ2) is 15.0. The van der Waals surface area contributed by atoms with Gasteiger partial charge in [-0.1, -0.05) is 19.1 Å². The van der Waals surface area contributed by atoms with Gasteiger partial charge >= 0.3 is 5.97 Å². The van der Waals surface area contributed by atoms with Gasteiger partial charge < -0.3 is 14.2 Å². The van der Waals surface area contributed by atoms with Gasteiger partial charge in [-0.15, -0.1) is 0 Å². The van der Waals surface area contributed by atoms with E-state index in [0.29, 0.717) is 68.3 Å². The number of esters is 1. The van der Waals surface area contributed by atoms with Gasteiger partial charge in [0.25, 0.3) is 0 Å². The molecule has 242 valence electrons. The maximum Gasteiger partial charge on any atom is 0.309 e. The van der Waals surface area contributed by atoms with Gasteiger partial charge in [0.1, 0.15) is 6.10 Å². The minimum Gasteiger partial charge on any atom is -0.491 e. The summed E-state index contributed by atoms with van der Waals surface area (Å²) in [6.45, 7) is 4.28. The van der Waals surface area contributed by atoms with Crippen molar-refractivity contribution in [3.63, 3.8) is 0 Å². The molecule has 5 rings (SSSR count). The van der Waals surface area contributed by atoms with Gasteiger partial charge in [-0.05, 0) is 137 Å². The summed E-state index contributed by atoms with van der Waals surface area (Å²) in [4.78, 5) is 13.0. The number of ether oxygens (including phenoxy) is 3. The number of hydrogen-bond donors (Lipinski definition) is 0. The first kappa shape index (κ1) is 32.6. The monoisotopic (exact) mass is 618 g/mol. The van der Waals surface area contributed by atoms with Crippen molar-refractivity contribution in [3.05, 3.63) is 58.7 Å². The first-order valence-corrected chi connectivity index (χ1v) is 16.7. The molecule has 2 aromatic carbocycles. The van der Waals surface area contributed by atoms with Crippen LogP contribution in [0.4, 0.5) is 17.6 Å². The SMILES string of the molecule is CCCOc1ccc(C2CCC(C(=O)OC3CCC(C4CCC(c5ccc(OCC)c(F)c5F)CC4)CC3)CC2)c(F)c1F. The third kappa shape index (κ3) is 7.37. The van der Waals surface area contributed by atoms with Gasteiger partial charge in [0.2, 0.25) is 11.6 Å². The van der Waals surface area contributed by atoms with Crippen LogP contribution in [0.15, 0.2) is 24.3 Å². The lowest BCUT2D eigenvalue weighted by Crippen LogP contribution is -2.32. The first-order chi connectivity index (χ1) is 21.3. The Balaban J connectivity index is 1.04. The van der Waals surface area contributed by atoms with Crippen LogP contribution in [0.3, 0.4) is 0 Å². The summed E-state index contributed by atoms with van der Waals surface area (Å²) in [5, 5.41) is 0. The Morgan fingerprint density at radius 3 is 1.61 bits per heavy atom.